The van der Waals surface area contributed by atoms with Gasteiger partial charge in [0.25, 0.3) is 0 Å². The lowest BCUT2D eigenvalue weighted by Gasteiger charge is -2.37. The van der Waals surface area contributed by atoms with E-state index in [1.165, 1.54) is 0 Å². The summed E-state index contributed by atoms with van der Waals surface area (Å²) in [6.45, 7) is -1.48. The largest absolute Gasteiger partial charge is 0.394 e. The van der Waals surface area contributed by atoms with E-state index in [2.05, 4.69) is 4.74 Å². The molecule has 144 valence electrons. The van der Waals surface area contributed by atoms with Crippen molar-refractivity contribution in [2.75, 3.05) is 13.2 Å². The lowest BCUT2D eigenvalue weighted by Crippen LogP contribution is -2.58. The Hall–Kier alpha value is -0.770. The van der Waals surface area contributed by atoms with E-state index in [9.17, 15) is 4.79 Å². The van der Waals surface area contributed by atoms with Gasteiger partial charge in [0, 0.05) is 0 Å². The van der Waals surface area contributed by atoms with Gasteiger partial charge >= 0.3 is 0 Å². The lowest BCUT2D eigenvalue weighted by molar-refractivity contribution is -0.286. The fraction of sp³-hybridized carbons (Fsp3) is 0.917. The third kappa shape index (κ3) is 6.27. The van der Waals surface area contributed by atoms with E-state index in [0.717, 1.165) is 0 Å². The fourth-order valence-electron chi connectivity index (χ4n) is 1.58. The first-order valence-corrected chi connectivity index (χ1v) is 6.70. The molecule has 24 heavy (non-hydrogen) atoms. The molecule has 10 N–H and O–H groups in total. The number of carbonyl (C=O) groups is 1. The highest BCUT2D eigenvalue weighted by Gasteiger charge is 2.42. The molecule has 1 heterocycles. The van der Waals surface area contributed by atoms with Gasteiger partial charge in [-0.1, -0.05) is 0 Å². The van der Waals surface area contributed by atoms with E-state index in [-0.39, 0.29) is 0 Å². The summed E-state index contributed by atoms with van der Waals surface area (Å²) in [7, 11) is 0. The topological polar surface area (TPSA) is 229 Å². The van der Waals surface area contributed by atoms with Gasteiger partial charge in [0.05, 0.1) is 14.6 Å². The van der Waals surface area contributed by atoms with Crippen LogP contribution in [-0.4, -0.2) is 126 Å². The van der Waals surface area contributed by atoms with Crippen molar-refractivity contribution in [2.24, 2.45) is 0 Å². The van der Waals surface area contributed by atoms with Crippen LogP contribution in [0.1, 0.15) is 2.74 Å². The van der Waals surface area contributed by atoms with Crippen LogP contribution >= 0.6 is 0 Å². The Kier molecular flexibility index (Phi) is 8.93. The van der Waals surface area contributed by atoms with Crippen molar-refractivity contribution in [1.29, 1.82) is 0 Å². The number of rotatable bonds is 6. The van der Waals surface area contributed by atoms with E-state index in [1.807, 2.05) is 0 Å². The van der Waals surface area contributed by atoms with Crippen LogP contribution in [0.4, 0.5) is 0 Å². The highest BCUT2D eigenvalue weighted by molar-refractivity contribution is 5.56. The summed E-state index contributed by atoms with van der Waals surface area (Å²) < 4.78 is 17.8. The zero-order chi connectivity index (χ0) is 20.8. The minimum Gasteiger partial charge on any atom is -0.394 e. The number of carbonyl (C=O) groups excluding carboxylic acids is 1. The van der Waals surface area contributed by atoms with E-state index < -0.39 is 74.6 Å². The van der Waals surface area contributed by atoms with Gasteiger partial charge in [-0.25, -0.2) is 0 Å². The smallest absolute Gasteiger partial charge is 0.184 e. The van der Waals surface area contributed by atoms with Gasteiger partial charge in [-0.15, -0.1) is 0 Å². The molecule has 0 aromatic rings. The molecule has 0 aromatic carbocycles. The predicted molar refractivity (Wildman–Crippen MR) is 73.2 cm³/mol. The summed E-state index contributed by atoms with van der Waals surface area (Å²) in [6.07, 6.45) is -18.2. The molecule has 1 aliphatic heterocycles. The highest BCUT2D eigenvalue weighted by Crippen LogP contribution is 2.19. The molecule has 1 fully saturated rings. The normalized spacial score (nSPS) is 39.4. The van der Waals surface area contributed by atoms with Gasteiger partial charge in [0.2, 0.25) is 0 Å². The second kappa shape index (κ2) is 11.0. The van der Waals surface area contributed by atoms with Crippen LogP contribution < -0.4 is 0 Å². The van der Waals surface area contributed by atoms with Gasteiger partial charge in [-0.05, 0) is 0 Å². The maximum absolute atomic E-state index is 10.2. The third-order valence-corrected chi connectivity index (χ3v) is 3.13. The Balaban J connectivity index is 0.000000481. The summed E-state index contributed by atoms with van der Waals surface area (Å²) in [4.78, 5) is 10.2. The number of aliphatic hydroxyl groups is 10. The molecule has 1 saturated heterocycles. The first-order valence-electron chi connectivity index (χ1n) is 7.70. The highest BCUT2D eigenvalue weighted by atomic mass is 16.6. The van der Waals surface area contributed by atoms with Crippen LogP contribution in [0.5, 0.6) is 0 Å². The maximum Gasteiger partial charge on any atom is 0.184 e. The van der Waals surface area contributed by atoms with E-state index in [4.69, 9.17) is 53.8 Å². The minimum atomic E-state index is -2.70. The molecule has 12 heteroatoms. The monoisotopic (exact) mass is 362 g/mol. The summed E-state index contributed by atoms with van der Waals surface area (Å²) in [6, 6.07) is 0. The quantitative estimate of drug-likeness (QED) is 0.199. The third-order valence-electron chi connectivity index (χ3n) is 3.13. The summed E-state index contributed by atoms with van der Waals surface area (Å²) in [5, 5.41) is 88.8. The second-order valence-electron chi connectivity index (χ2n) is 4.90. The summed E-state index contributed by atoms with van der Waals surface area (Å²) in [5.74, 6) is 0. The Labute approximate surface area is 139 Å². The molecule has 1 unspecified atom stereocenters. The fourth-order valence-corrected chi connectivity index (χ4v) is 1.58. The first-order chi connectivity index (χ1) is 11.8. The van der Waals surface area contributed by atoms with E-state index >= 15 is 0 Å². The van der Waals surface area contributed by atoms with Crippen LogP contribution in [0.15, 0.2) is 0 Å². The van der Waals surface area contributed by atoms with Crippen LogP contribution in [0.25, 0.3) is 0 Å². The van der Waals surface area contributed by atoms with E-state index in [1.54, 1.807) is 0 Å². The molecule has 0 radical (unpaired) electrons. The molecule has 1 rings (SSSR count). The maximum atomic E-state index is 10.2. The Morgan fingerprint density at radius 3 is 1.96 bits per heavy atom. The van der Waals surface area contributed by atoms with Crippen molar-refractivity contribution < 1.29 is 63.3 Å². The zero-order valence-corrected chi connectivity index (χ0v) is 12.3. The number of aliphatic hydroxyl groups excluding tert-OH is 9. The zero-order valence-electron chi connectivity index (χ0n) is 14.3. The van der Waals surface area contributed by atoms with Crippen molar-refractivity contribution in [3.8, 4) is 0 Å². The Bertz CT molecular complexity index is 436. The van der Waals surface area contributed by atoms with Crippen LogP contribution in [0.3, 0.4) is 0 Å². The molecule has 0 bridgehead atoms. The standard InChI is InChI=1S/2C6H12O6/c7-1-2-3(8)4(9)5(10)6(11)12-2;7-1-3(9)5(11)6(12)4(10)2-8/h2-11H,1H2;1,3-6,8-12H,2H2/t2-,3-,4+,5-,6?;3-,4+,5+,6+/m10/s1/i6D;1D. The first kappa shape index (κ1) is 19.6. The van der Waals surface area contributed by atoms with Crippen molar-refractivity contribution in [3.05, 3.63) is 0 Å². The van der Waals surface area contributed by atoms with Gasteiger partial charge in [0.15, 0.2) is 12.5 Å². The molecule has 12 nitrogen and oxygen atoms in total. The average molecular weight is 362 g/mol. The molecule has 9 atom stereocenters. The Morgan fingerprint density at radius 1 is 1.00 bits per heavy atom. The van der Waals surface area contributed by atoms with Crippen LogP contribution in [-0.2, 0) is 9.53 Å². The van der Waals surface area contributed by atoms with Crippen molar-refractivity contribution >= 4 is 6.26 Å². The number of ether oxygens (including phenoxy) is 1. The van der Waals surface area contributed by atoms with Gasteiger partial charge < -0.3 is 60.6 Å². The minimum absolute atomic E-state index is 0.661. The number of hydrogen-bond acceptors (Lipinski definition) is 12. The molecular formula is C12H24O12. The lowest BCUT2D eigenvalue weighted by atomic mass is 10.00. The molecule has 0 amide bonds. The van der Waals surface area contributed by atoms with Gasteiger partial charge in [-0.2, -0.15) is 0 Å². The molecule has 0 saturated carbocycles. The van der Waals surface area contributed by atoms with Crippen molar-refractivity contribution in [1.82, 2.24) is 0 Å². The second-order valence-corrected chi connectivity index (χ2v) is 4.90. The molecular weight excluding hydrogens is 336 g/mol. The summed E-state index contributed by atoms with van der Waals surface area (Å²) >= 11 is 0. The van der Waals surface area contributed by atoms with E-state index in [0.29, 0.717) is 0 Å². The van der Waals surface area contributed by atoms with Crippen LogP contribution in [0.2, 0.25) is 0 Å². The van der Waals surface area contributed by atoms with Gasteiger partial charge in [0.1, 0.15) is 50.2 Å². The summed E-state index contributed by atoms with van der Waals surface area (Å²) in [5.41, 5.74) is 0. The Morgan fingerprint density at radius 2 is 1.54 bits per heavy atom. The average Bonchev–Trinajstić information content (AvgIpc) is 2.60. The molecule has 0 spiro atoms. The van der Waals surface area contributed by atoms with Crippen LogP contribution in [0, 0.1) is 0 Å². The predicted octanol–water partition coefficient (Wildman–Crippen LogP) is -6.60. The van der Waals surface area contributed by atoms with Gasteiger partial charge in [-0.3, -0.25) is 0 Å². The number of aldehydes is 1. The number of hydrogen-bond donors (Lipinski definition) is 10. The molecule has 1 aliphatic rings. The molecule has 0 aliphatic carbocycles. The van der Waals surface area contributed by atoms with Crippen molar-refractivity contribution in [3.63, 3.8) is 0 Å². The molecule has 0 aromatic heterocycles. The van der Waals surface area contributed by atoms with Crippen molar-refractivity contribution in [2.45, 2.75) is 55.1 Å². The SMILES string of the molecule is [2H]C(=O)[C@H](O)[C@@H](O)[C@H](O)[C@H](O)CO.[2H]C1(O)O[C@H](CO)[C@@H](O)[C@H](O)[C@H]1O.